The molecule has 88 valence electrons. The van der Waals surface area contributed by atoms with Crippen LogP contribution >= 0.6 is 12.4 Å². The monoisotopic (exact) mass is 245 g/mol. The first-order valence-electron chi connectivity index (χ1n) is 4.62. The number of benzene rings is 1. The van der Waals surface area contributed by atoms with Crippen molar-refractivity contribution in [2.75, 3.05) is 6.61 Å². The largest absolute Gasteiger partial charge is 0.504 e. The van der Waals surface area contributed by atoms with Gasteiger partial charge in [-0.2, -0.15) is 0 Å². The van der Waals surface area contributed by atoms with Crippen molar-refractivity contribution in [2.45, 2.75) is 12.5 Å². The van der Waals surface area contributed by atoms with Gasteiger partial charge in [0.1, 0.15) is 0 Å². The Bertz CT molecular complexity index is 396. The lowest BCUT2D eigenvalue weighted by Crippen LogP contribution is -2.35. The summed E-state index contributed by atoms with van der Waals surface area (Å²) in [5, 5.41) is 21.5. The molecule has 1 atom stereocenters. The molecule has 0 unspecified atom stereocenters. The van der Waals surface area contributed by atoms with E-state index in [1.54, 1.807) is 12.1 Å². The van der Waals surface area contributed by atoms with E-state index in [9.17, 15) is 15.0 Å². The highest BCUT2D eigenvalue weighted by Crippen LogP contribution is 2.34. The summed E-state index contributed by atoms with van der Waals surface area (Å²) in [5.41, 5.74) is 0.506. The summed E-state index contributed by atoms with van der Waals surface area (Å²) >= 11 is 0. The minimum Gasteiger partial charge on any atom is -0.504 e. The number of phenols is 2. The number of hydrogen-bond donors (Lipinski definition) is 3. The fourth-order valence-corrected chi connectivity index (χ4v) is 1.59. The second kappa shape index (κ2) is 4.94. The molecule has 1 aromatic rings. The zero-order valence-electron chi connectivity index (χ0n) is 8.34. The molecule has 0 bridgehead atoms. The highest BCUT2D eigenvalue weighted by Gasteiger charge is 2.23. The van der Waals surface area contributed by atoms with Gasteiger partial charge in [0, 0.05) is 12.0 Å². The molecule has 5 nitrogen and oxygen atoms in total. The lowest BCUT2D eigenvalue weighted by Gasteiger charge is -2.24. The number of amides is 1. The first kappa shape index (κ1) is 12.4. The van der Waals surface area contributed by atoms with E-state index < -0.39 is 6.09 Å². The van der Waals surface area contributed by atoms with E-state index in [0.717, 1.165) is 0 Å². The van der Waals surface area contributed by atoms with Gasteiger partial charge in [0.05, 0.1) is 12.6 Å². The Morgan fingerprint density at radius 3 is 2.81 bits per heavy atom. The fraction of sp³-hybridized carbons (Fsp3) is 0.300. The van der Waals surface area contributed by atoms with Crippen molar-refractivity contribution in [2.24, 2.45) is 0 Å². The molecule has 1 saturated heterocycles. The van der Waals surface area contributed by atoms with Gasteiger partial charge < -0.3 is 20.3 Å². The zero-order valence-corrected chi connectivity index (χ0v) is 9.16. The van der Waals surface area contributed by atoms with Crippen molar-refractivity contribution in [3.63, 3.8) is 0 Å². The molecule has 3 N–H and O–H groups in total. The summed E-state index contributed by atoms with van der Waals surface area (Å²) in [6, 6.07) is 4.36. The maximum Gasteiger partial charge on any atom is 0.407 e. The Labute approximate surface area is 98.5 Å². The number of alkyl carbamates (subject to hydrolysis) is 1. The van der Waals surface area contributed by atoms with Crippen molar-refractivity contribution in [1.29, 1.82) is 0 Å². The number of carbonyl (C=O) groups excluding carboxylic acids is 1. The summed E-state index contributed by atoms with van der Waals surface area (Å²) in [5.74, 6) is -0.377. The smallest absolute Gasteiger partial charge is 0.407 e. The van der Waals surface area contributed by atoms with Crippen LogP contribution in [0.25, 0.3) is 0 Å². The Morgan fingerprint density at radius 2 is 2.12 bits per heavy atom. The van der Waals surface area contributed by atoms with Crippen LogP contribution in [0.5, 0.6) is 11.5 Å². The third kappa shape index (κ3) is 2.30. The molecule has 1 aliphatic heterocycles. The molecule has 6 heteroatoms. The molecule has 0 aliphatic carbocycles. The van der Waals surface area contributed by atoms with Crippen LogP contribution in [0.1, 0.15) is 18.0 Å². The predicted molar refractivity (Wildman–Crippen MR) is 58.9 cm³/mol. The molecule has 1 fully saturated rings. The van der Waals surface area contributed by atoms with Crippen molar-refractivity contribution in [3.8, 4) is 11.5 Å². The molecule has 0 spiro atoms. The minimum absolute atomic E-state index is 0. The molecule has 1 aliphatic rings. The number of hydrogen-bond acceptors (Lipinski definition) is 4. The summed E-state index contributed by atoms with van der Waals surface area (Å²) < 4.78 is 4.71. The van der Waals surface area contributed by atoms with E-state index in [4.69, 9.17) is 4.74 Å². The number of carbonyl (C=O) groups is 1. The van der Waals surface area contributed by atoms with Crippen molar-refractivity contribution in [1.82, 2.24) is 5.32 Å². The molecule has 1 aromatic carbocycles. The number of para-hydroxylation sites is 1. The normalized spacial score (nSPS) is 19.2. The molecular formula is C10H12ClNO4. The van der Waals surface area contributed by atoms with Crippen molar-refractivity contribution < 1.29 is 19.7 Å². The standard InChI is InChI=1S/C10H11NO4.ClH/c12-8-3-1-2-6(9(8)13)7-4-5-15-10(14)11-7;/h1-3,7,12-13H,4-5H2,(H,11,14);1H/t7-;/m1./s1. The van der Waals surface area contributed by atoms with Gasteiger partial charge in [0.25, 0.3) is 0 Å². The van der Waals surface area contributed by atoms with Crippen molar-refractivity contribution >= 4 is 18.5 Å². The molecule has 2 rings (SSSR count). The highest BCUT2D eigenvalue weighted by molar-refractivity contribution is 5.85. The van der Waals surface area contributed by atoms with Gasteiger partial charge in [-0.05, 0) is 6.07 Å². The molecule has 1 heterocycles. The maximum absolute atomic E-state index is 11.0. The number of ether oxygens (including phenoxy) is 1. The van der Waals surface area contributed by atoms with Gasteiger partial charge in [-0.25, -0.2) is 4.79 Å². The fourth-order valence-electron chi connectivity index (χ4n) is 1.59. The third-order valence-electron chi connectivity index (χ3n) is 2.35. The minimum atomic E-state index is -0.506. The lowest BCUT2D eigenvalue weighted by atomic mass is 10.0. The molecule has 16 heavy (non-hydrogen) atoms. The Kier molecular flexibility index (Phi) is 3.84. The first-order chi connectivity index (χ1) is 7.18. The van der Waals surface area contributed by atoms with E-state index in [-0.39, 0.29) is 29.9 Å². The second-order valence-corrected chi connectivity index (χ2v) is 3.34. The van der Waals surface area contributed by atoms with E-state index in [0.29, 0.717) is 18.6 Å². The summed E-state index contributed by atoms with van der Waals surface area (Å²) in [6.07, 6.45) is 0.0666. The van der Waals surface area contributed by atoms with Crippen LogP contribution < -0.4 is 5.32 Å². The Hall–Kier alpha value is -1.62. The van der Waals surface area contributed by atoms with Crippen LogP contribution in [0.15, 0.2) is 18.2 Å². The van der Waals surface area contributed by atoms with Gasteiger partial charge in [0.2, 0.25) is 0 Å². The van der Waals surface area contributed by atoms with E-state index in [1.807, 2.05) is 0 Å². The van der Waals surface area contributed by atoms with Crippen LogP contribution in [-0.4, -0.2) is 22.9 Å². The van der Waals surface area contributed by atoms with Gasteiger partial charge in [-0.1, -0.05) is 12.1 Å². The number of halogens is 1. The number of rotatable bonds is 1. The van der Waals surface area contributed by atoms with Gasteiger partial charge >= 0.3 is 6.09 Å². The van der Waals surface area contributed by atoms with Crippen LogP contribution in [-0.2, 0) is 4.74 Å². The van der Waals surface area contributed by atoms with Crippen molar-refractivity contribution in [3.05, 3.63) is 23.8 Å². The van der Waals surface area contributed by atoms with E-state index in [1.165, 1.54) is 6.07 Å². The number of aromatic hydroxyl groups is 2. The Balaban J connectivity index is 0.00000128. The predicted octanol–water partition coefficient (Wildman–Crippen LogP) is 1.69. The summed E-state index contributed by atoms with van der Waals surface area (Å²) in [6.45, 7) is 0.311. The van der Waals surface area contributed by atoms with Crippen LogP contribution in [0, 0.1) is 0 Å². The average Bonchev–Trinajstić information content (AvgIpc) is 2.22. The van der Waals surface area contributed by atoms with E-state index >= 15 is 0 Å². The van der Waals surface area contributed by atoms with Gasteiger partial charge in [-0.15, -0.1) is 12.4 Å². The Morgan fingerprint density at radius 1 is 1.38 bits per heavy atom. The second-order valence-electron chi connectivity index (χ2n) is 3.34. The van der Waals surface area contributed by atoms with Gasteiger partial charge in [0.15, 0.2) is 11.5 Å². The first-order valence-corrected chi connectivity index (χ1v) is 4.62. The third-order valence-corrected chi connectivity index (χ3v) is 2.35. The number of nitrogens with one attached hydrogen (secondary N) is 1. The quantitative estimate of drug-likeness (QED) is 0.658. The zero-order chi connectivity index (χ0) is 10.8. The van der Waals surface area contributed by atoms with Crippen LogP contribution in [0.2, 0.25) is 0 Å². The lowest BCUT2D eigenvalue weighted by molar-refractivity contribution is 0.115. The summed E-state index contributed by atoms with van der Waals surface area (Å²) in [4.78, 5) is 11.0. The number of cyclic esters (lactones) is 1. The van der Waals surface area contributed by atoms with Crippen LogP contribution in [0.4, 0.5) is 4.79 Å². The maximum atomic E-state index is 11.0. The molecule has 0 radical (unpaired) electrons. The highest BCUT2D eigenvalue weighted by atomic mass is 35.5. The molecular weight excluding hydrogens is 234 g/mol. The topological polar surface area (TPSA) is 78.8 Å². The molecule has 1 amide bonds. The number of phenolic OH excluding ortho intramolecular Hbond substituents is 2. The molecule has 0 aromatic heterocycles. The molecule has 0 saturated carbocycles. The SMILES string of the molecule is Cl.O=C1N[C@@H](c2cccc(O)c2O)CCO1. The van der Waals surface area contributed by atoms with Crippen LogP contribution in [0.3, 0.4) is 0 Å². The average molecular weight is 246 g/mol. The summed E-state index contributed by atoms with van der Waals surface area (Å²) in [7, 11) is 0. The van der Waals surface area contributed by atoms with Gasteiger partial charge in [-0.3, -0.25) is 0 Å². The van der Waals surface area contributed by atoms with E-state index in [2.05, 4.69) is 5.32 Å².